The van der Waals surface area contributed by atoms with Crippen molar-refractivity contribution in [1.29, 1.82) is 0 Å². The van der Waals surface area contributed by atoms with Gasteiger partial charge in [-0.05, 0) is 37.1 Å². The summed E-state index contributed by atoms with van der Waals surface area (Å²) < 4.78 is 5.68. The molecular formula is C14H18ClN3OS. The smallest absolute Gasteiger partial charge is 0.299 e. The van der Waals surface area contributed by atoms with E-state index in [4.69, 9.17) is 16.3 Å². The number of aryl methyl sites for hydroxylation is 1. The number of ether oxygens (including phenoxy) is 1. The van der Waals surface area contributed by atoms with Crippen LogP contribution in [0.5, 0.6) is 10.9 Å². The van der Waals surface area contributed by atoms with Gasteiger partial charge in [0.1, 0.15) is 10.8 Å². The van der Waals surface area contributed by atoms with Gasteiger partial charge in [-0.3, -0.25) is 0 Å². The van der Waals surface area contributed by atoms with Crippen molar-refractivity contribution in [3.63, 3.8) is 0 Å². The molecule has 6 heteroatoms. The summed E-state index contributed by atoms with van der Waals surface area (Å²) in [5.41, 5.74) is 1.09. The standard InChI is InChI=1S/C14H18ClN3OS/c1-9(2)7-16-8-13-17-18-14(20-13)19-12-6-10(3)4-5-11(12)15/h4-6,9,16H,7-8H2,1-3H3. The molecule has 0 aliphatic rings. The lowest BCUT2D eigenvalue weighted by molar-refractivity contribution is 0.472. The van der Waals surface area contributed by atoms with Crippen molar-refractivity contribution >= 4 is 22.9 Å². The fraction of sp³-hybridized carbons (Fsp3) is 0.429. The lowest BCUT2D eigenvalue weighted by Gasteiger charge is -2.05. The first-order valence-electron chi connectivity index (χ1n) is 6.51. The lowest BCUT2D eigenvalue weighted by atomic mass is 10.2. The van der Waals surface area contributed by atoms with Crippen LogP contribution >= 0.6 is 22.9 Å². The Labute approximate surface area is 128 Å². The topological polar surface area (TPSA) is 47.0 Å². The summed E-state index contributed by atoms with van der Waals surface area (Å²) in [6, 6.07) is 5.65. The highest BCUT2D eigenvalue weighted by Gasteiger charge is 2.09. The van der Waals surface area contributed by atoms with Crippen LogP contribution in [0.25, 0.3) is 0 Å². The van der Waals surface area contributed by atoms with Gasteiger partial charge < -0.3 is 10.1 Å². The molecule has 2 rings (SSSR count). The number of nitrogens with one attached hydrogen (secondary N) is 1. The molecule has 0 fully saturated rings. The molecule has 1 heterocycles. The molecule has 0 unspecified atom stereocenters. The second-order valence-corrected chi connectivity index (χ2v) is 6.45. The zero-order valence-electron chi connectivity index (χ0n) is 11.8. The molecule has 4 nitrogen and oxygen atoms in total. The van der Waals surface area contributed by atoms with Crippen LogP contribution in [0.15, 0.2) is 18.2 Å². The zero-order chi connectivity index (χ0) is 14.5. The van der Waals surface area contributed by atoms with E-state index in [-0.39, 0.29) is 0 Å². The van der Waals surface area contributed by atoms with Gasteiger partial charge in [-0.25, -0.2) is 0 Å². The van der Waals surface area contributed by atoms with E-state index in [0.29, 0.717) is 28.4 Å². The number of rotatable bonds is 6. The first kappa shape index (κ1) is 15.2. The molecule has 1 N–H and O–H groups in total. The van der Waals surface area contributed by atoms with E-state index in [1.807, 2.05) is 25.1 Å². The van der Waals surface area contributed by atoms with Crippen LogP contribution in [-0.2, 0) is 6.54 Å². The van der Waals surface area contributed by atoms with Crippen LogP contribution in [0, 0.1) is 12.8 Å². The van der Waals surface area contributed by atoms with E-state index in [1.165, 1.54) is 11.3 Å². The summed E-state index contributed by atoms with van der Waals surface area (Å²) in [4.78, 5) is 0. The predicted octanol–water partition coefficient (Wildman–Crippen LogP) is 4.04. The van der Waals surface area contributed by atoms with Gasteiger partial charge in [0, 0.05) is 6.54 Å². The minimum absolute atomic E-state index is 0.513. The molecule has 20 heavy (non-hydrogen) atoms. The zero-order valence-corrected chi connectivity index (χ0v) is 13.4. The van der Waals surface area contributed by atoms with Gasteiger partial charge in [-0.15, -0.1) is 5.10 Å². The van der Waals surface area contributed by atoms with Gasteiger partial charge in [0.05, 0.1) is 5.02 Å². The first-order valence-corrected chi connectivity index (χ1v) is 7.71. The Bertz CT molecular complexity index is 571. The molecule has 2 aromatic rings. The molecule has 0 aliphatic heterocycles. The number of hydrogen-bond donors (Lipinski definition) is 1. The normalized spacial score (nSPS) is 11.1. The number of halogens is 1. The molecule has 0 saturated heterocycles. The SMILES string of the molecule is Cc1ccc(Cl)c(Oc2nnc(CNCC(C)C)s2)c1. The van der Waals surface area contributed by atoms with Crippen LogP contribution < -0.4 is 10.1 Å². The van der Waals surface area contributed by atoms with Crippen LogP contribution in [0.4, 0.5) is 0 Å². The summed E-state index contributed by atoms with van der Waals surface area (Å²) in [6.45, 7) is 7.99. The quantitative estimate of drug-likeness (QED) is 0.874. The molecule has 0 radical (unpaired) electrons. The van der Waals surface area contributed by atoms with E-state index in [1.54, 1.807) is 0 Å². The summed E-state index contributed by atoms with van der Waals surface area (Å²) in [5, 5.41) is 13.4. The Balaban J connectivity index is 1.97. The fourth-order valence-electron chi connectivity index (χ4n) is 1.60. The lowest BCUT2D eigenvalue weighted by Crippen LogP contribution is -2.18. The van der Waals surface area contributed by atoms with Crippen molar-refractivity contribution < 1.29 is 4.74 Å². The molecule has 0 bridgehead atoms. The Hall–Kier alpha value is -1.17. The minimum Gasteiger partial charge on any atom is -0.428 e. The van der Waals surface area contributed by atoms with E-state index in [0.717, 1.165) is 17.1 Å². The van der Waals surface area contributed by atoms with Crippen molar-refractivity contribution in [2.45, 2.75) is 27.3 Å². The van der Waals surface area contributed by atoms with Crippen LogP contribution in [-0.4, -0.2) is 16.7 Å². The molecule has 0 aliphatic carbocycles. The van der Waals surface area contributed by atoms with Crippen LogP contribution in [0.3, 0.4) is 0 Å². The summed E-state index contributed by atoms with van der Waals surface area (Å²) >= 11 is 7.52. The maximum absolute atomic E-state index is 6.09. The van der Waals surface area contributed by atoms with E-state index < -0.39 is 0 Å². The second kappa shape index (κ2) is 7.02. The Morgan fingerprint density at radius 2 is 2.15 bits per heavy atom. The minimum atomic E-state index is 0.513. The van der Waals surface area contributed by atoms with Gasteiger partial charge in [-0.1, -0.05) is 48.0 Å². The number of hydrogen-bond acceptors (Lipinski definition) is 5. The molecule has 108 valence electrons. The van der Waals surface area contributed by atoms with Crippen molar-refractivity contribution in [3.05, 3.63) is 33.8 Å². The molecule has 0 saturated carbocycles. The largest absolute Gasteiger partial charge is 0.428 e. The highest BCUT2D eigenvalue weighted by atomic mass is 35.5. The summed E-state index contributed by atoms with van der Waals surface area (Å²) in [6.07, 6.45) is 0. The van der Waals surface area contributed by atoms with E-state index >= 15 is 0 Å². The number of nitrogens with zero attached hydrogens (tertiary/aromatic N) is 2. The molecule has 1 aromatic carbocycles. The molecule has 1 aromatic heterocycles. The first-order chi connectivity index (χ1) is 9.54. The van der Waals surface area contributed by atoms with Crippen molar-refractivity contribution in [2.75, 3.05) is 6.54 Å². The number of benzene rings is 1. The van der Waals surface area contributed by atoms with Gasteiger partial charge in [0.15, 0.2) is 0 Å². The second-order valence-electron chi connectivity index (χ2n) is 5.02. The Morgan fingerprint density at radius 3 is 2.90 bits per heavy atom. The van der Waals surface area contributed by atoms with E-state index in [2.05, 4.69) is 29.4 Å². The van der Waals surface area contributed by atoms with Crippen LogP contribution in [0.1, 0.15) is 24.4 Å². The predicted molar refractivity (Wildman–Crippen MR) is 82.7 cm³/mol. The maximum atomic E-state index is 6.09. The fourth-order valence-corrected chi connectivity index (χ4v) is 2.43. The highest BCUT2D eigenvalue weighted by molar-refractivity contribution is 7.13. The number of aromatic nitrogens is 2. The van der Waals surface area contributed by atoms with Gasteiger partial charge in [0.25, 0.3) is 5.19 Å². The molecule has 0 amide bonds. The molecule has 0 atom stereocenters. The maximum Gasteiger partial charge on any atom is 0.299 e. The van der Waals surface area contributed by atoms with Crippen molar-refractivity contribution in [3.8, 4) is 10.9 Å². The Kier molecular flexibility index (Phi) is 5.34. The third-order valence-corrected chi connectivity index (χ3v) is 3.67. The summed E-state index contributed by atoms with van der Waals surface area (Å²) in [5.74, 6) is 1.23. The summed E-state index contributed by atoms with van der Waals surface area (Å²) in [7, 11) is 0. The van der Waals surface area contributed by atoms with Gasteiger partial charge in [0.2, 0.25) is 0 Å². The average molecular weight is 312 g/mol. The van der Waals surface area contributed by atoms with E-state index in [9.17, 15) is 0 Å². The van der Waals surface area contributed by atoms with Crippen LogP contribution in [0.2, 0.25) is 5.02 Å². The molecule has 0 spiro atoms. The highest BCUT2D eigenvalue weighted by Crippen LogP contribution is 2.31. The van der Waals surface area contributed by atoms with Gasteiger partial charge >= 0.3 is 0 Å². The monoisotopic (exact) mass is 311 g/mol. The van der Waals surface area contributed by atoms with Crippen molar-refractivity contribution in [1.82, 2.24) is 15.5 Å². The average Bonchev–Trinajstić information content (AvgIpc) is 2.81. The Morgan fingerprint density at radius 1 is 1.35 bits per heavy atom. The third kappa shape index (κ3) is 4.44. The van der Waals surface area contributed by atoms with Gasteiger partial charge in [-0.2, -0.15) is 0 Å². The third-order valence-electron chi connectivity index (χ3n) is 2.56. The van der Waals surface area contributed by atoms with Crippen molar-refractivity contribution in [2.24, 2.45) is 5.92 Å². The molecular weight excluding hydrogens is 294 g/mol.